The summed E-state index contributed by atoms with van der Waals surface area (Å²) < 4.78 is 13.3. The molecular formula is C15H25FN4. The number of rotatable bonds is 4. The lowest BCUT2D eigenvalue weighted by molar-refractivity contribution is 0.177. The van der Waals surface area contributed by atoms with Gasteiger partial charge in [-0.25, -0.2) is 4.39 Å². The van der Waals surface area contributed by atoms with Crippen LogP contribution < -0.4 is 11.3 Å². The van der Waals surface area contributed by atoms with Gasteiger partial charge in [0, 0.05) is 18.6 Å². The van der Waals surface area contributed by atoms with Crippen LogP contribution >= 0.6 is 0 Å². The first-order chi connectivity index (χ1) is 9.60. The highest BCUT2D eigenvalue weighted by Crippen LogP contribution is 2.14. The summed E-state index contributed by atoms with van der Waals surface area (Å²) in [7, 11) is 4.28. The summed E-state index contributed by atoms with van der Waals surface area (Å²) >= 11 is 0. The zero-order valence-electron chi connectivity index (χ0n) is 12.3. The lowest BCUT2D eigenvalue weighted by Gasteiger charge is -2.34. The van der Waals surface area contributed by atoms with E-state index in [0.29, 0.717) is 6.04 Å². The first-order valence-corrected chi connectivity index (χ1v) is 7.19. The average Bonchev–Trinajstić information content (AvgIpc) is 2.58. The minimum absolute atomic E-state index is 0.113. The van der Waals surface area contributed by atoms with Gasteiger partial charge in [-0.1, -0.05) is 12.1 Å². The number of hydrogen-bond acceptors (Lipinski definition) is 4. The Morgan fingerprint density at radius 1 is 1.40 bits per heavy atom. The molecule has 0 amide bonds. The van der Waals surface area contributed by atoms with Gasteiger partial charge in [-0.3, -0.25) is 11.3 Å². The molecule has 0 spiro atoms. The Hall–Kier alpha value is -1.01. The van der Waals surface area contributed by atoms with Crippen molar-refractivity contribution in [2.75, 3.05) is 33.7 Å². The topological polar surface area (TPSA) is 44.5 Å². The van der Waals surface area contributed by atoms with E-state index in [2.05, 4.69) is 29.3 Å². The molecule has 0 bridgehead atoms. The molecule has 0 aromatic heterocycles. The Kier molecular flexibility index (Phi) is 5.48. The quantitative estimate of drug-likeness (QED) is 0.633. The fraction of sp³-hybridized carbons (Fsp3) is 0.600. The third kappa shape index (κ3) is 3.99. The molecule has 1 aromatic carbocycles. The van der Waals surface area contributed by atoms with Crippen LogP contribution in [0.25, 0.3) is 0 Å². The van der Waals surface area contributed by atoms with E-state index >= 15 is 0 Å². The van der Waals surface area contributed by atoms with Crippen molar-refractivity contribution >= 4 is 0 Å². The van der Waals surface area contributed by atoms with Crippen molar-refractivity contribution < 1.29 is 4.39 Å². The zero-order chi connectivity index (χ0) is 14.5. The standard InChI is InChI=1S/C15H25FN4/c1-19-7-4-8-20(2)15(11-19)14(18-17)10-12-5-3-6-13(16)9-12/h3,5-6,9,14-15,18H,4,7-8,10-11,17H2,1-2H3. The molecule has 1 fully saturated rings. The molecule has 1 aliphatic rings. The number of benzene rings is 1. The van der Waals surface area contributed by atoms with Gasteiger partial charge in [0.2, 0.25) is 0 Å². The molecule has 5 heteroatoms. The summed E-state index contributed by atoms with van der Waals surface area (Å²) in [5, 5.41) is 0. The number of halogens is 1. The molecule has 0 radical (unpaired) electrons. The number of hydrogen-bond donors (Lipinski definition) is 2. The highest BCUT2D eigenvalue weighted by Gasteiger charge is 2.27. The molecule has 2 atom stereocenters. The maximum absolute atomic E-state index is 13.3. The molecule has 0 aliphatic carbocycles. The number of nitrogens with two attached hydrogens (primary N) is 1. The molecule has 1 aromatic rings. The Morgan fingerprint density at radius 2 is 2.20 bits per heavy atom. The molecule has 1 heterocycles. The van der Waals surface area contributed by atoms with E-state index in [1.807, 2.05) is 6.07 Å². The molecule has 20 heavy (non-hydrogen) atoms. The number of hydrazine groups is 1. The Bertz CT molecular complexity index is 426. The highest BCUT2D eigenvalue weighted by atomic mass is 19.1. The molecule has 1 aliphatic heterocycles. The van der Waals surface area contributed by atoms with Gasteiger partial charge in [0.15, 0.2) is 0 Å². The van der Waals surface area contributed by atoms with Crippen LogP contribution in [0.2, 0.25) is 0 Å². The maximum Gasteiger partial charge on any atom is 0.123 e. The summed E-state index contributed by atoms with van der Waals surface area (Å²) in [6.45, 7) is 3.15. The first-order valence-electron chi connectivity index (χ1n) is 7.19. The monoisotopic (exact) mass is 280 g/mol. The molecule has 2 unspecified atom stereocenters. The van der Waals surface area contributed by atoms with Gasteiger partial charge >= 0.3 is 0 Å². The molecule has 2 rings (SSSR count). The van der Waals surface area contributed by atoms with Crippen molar-refractivity contribution in [2.45, 2.75) is 24.9 Å². The number of likely N-dealkylation sites (N-methyl/N-ethyl adjacent to an activating group) is 2. The van der Waals surface area contributed by atoms with E-state index in [4.69, 9.17) is 5.84 Å². The van der Waals surface area contributed by atoms with E-state index < -0.39 is 0 Å². The van der Waals surface area contributed by atoms with Crippen LogP contribution in [0.4, 0.5) is 4.39 Å². The molecular weight excluding hydrogens is 255 g/mol. The van der Waals surface area contributed by atoms with Crippen LogP contribution in [0.3, 0.4) is 0 Å². The third-order valence-corrected chi connectivity index (χ3v) is 4.14. The van der Waals surface area contributed by atoms with Gasteiger partial charge in [-0.05, 0) is 57.7 Å². The van der Waals surface area contributed by atoms with E-state index in [9.17, 15) is 4.39 Å². The zero-order valence-corrected chi connectivity index (χ0v) is 12.3. The summed E-state index contributed by atoms with van der Waals surface area (Å²) in [5.41, 5.74) is 3.91. The fourth-order valence-electron chi connectivity index (χ4n) is 2.96. The second kappa shape index (κ2) is 7.13. The normalized spacial score (nSPS) is 23.5. The van der Waals surface area contributed by atoms with E-state index in [1.54, 1.807) is 12.1 Å². The predicted octanol–water partition coefficient (Wildman–Crippen LogP) is 0.836. The fourth-order valence-corrected chi connectivity index (χ4v) is 2.96. The highest BCUT2D eigenvalue weighted by molar-refractivity contribution is 5.18. The third-order valence-electron chi connectivity index (χ3n) is 4.14. The van der Waals surface area contributed by atoms with Crippen molar-refractivity contribution in [1.29, 1.82) is 0 Å². The Morgan fingerprint density at radius 3 is 2.90 bits per heavy atom. The number of nitrogens with zero attached hydrogens (tertiary/aromatic N) is 2. The van der Waals surface area contributed by atoms with E-state index in [1.165, 1.54) is 12.5 Å². The maximum atomic E-state index is 13.3. The lowest BCUT2D eigenvalue weighted by Crippen LogP contribution is -2.55. The van der Waals surface area contributed by atoms with Crippen LogP contribution in [0.15, 0.2) is 24.3 Å². The first kappa shape index (κ1) is 15.4. The molecule has 1 saturated heterocycles. The largest absolute Gasteiger partial charge is 0.305 e. The minimum Gasteiger partial charge on any atom is -0.305 e. The average molecular weight is 280 g/mol. The predicted molar refractivity (Wildman–Crippen MR) is 79.7 cm³/mol. The summed E-state index contributed by atoms with van der Waals surface area (Å²) in [6.07, 6.45) is 1.90. The van der Waals surface area contributed by atoms with Crippen LogP contribution in [-0.2, 0) is 6.42 Å². The summed E-state index contributed by atoms with van der Waals surface area (Å²) in [4.78, 5) is 4.69. The number of nitrogens with one attached hydrogen (secondary N) is 1. The Labute approximate surface area is 120 Å². The second-order valence-corrected chi connectivity index (χ2v) is 5.77. The van der Waals surface area contributed by atoms with Gasteiger partial charge < -0.3 is 9.80 Å². The summed E-state index contributed by atoms with van der Waals surface area (Å²) in [5.74, 6) is 5.57. The van der Waals surface area contributed by atoms with Crippen molar-refractivity contribution in [3.8, 4) is 0 Å². The van der Waals surface area contributed by atoms with Crippen molar-refractivity contribution in [3.63, 3.8) is 0 Å². The van der Waals surface area contributed by atoms with Gasteiger partial charge in [0.05, 0.1) is 0 Å². The lowest BCUT2D eigenvalue weighted by atomic mass is 9.98. The van der Waals surface area contributed by atoms with E-state index in [0.717, 1.165) is 31.6 Å². The van der Waals surface area contributed by atoms with Gasteiger partial charge in [0.1, 0.15) is 5.82 Å². The van der Waals surface area contributed by atoms with Crippen molar-refractivity contribution in [1.82, 2.24) is 15.2 Å². The van der Waals surface area contributed by atoms with Crippen LogP contribution in [0.5, 0.6) is 0 Å². The van der Waals surface area contributed by atoms with Crippen molar-refractivity contribution in [3.05, 3.63) is 35.6 Å². The SMILES string of the molecule is CN1CCCN(C)C(C(Cc2cccc(F)c2)NN)C1. The van der Waals surface area contributed by atoms with Gasteiger partial charge in [0.25, 0.3) is 0 Å². The smallest absolute Gasteiger partial charge is 0.123 e. The second-order valence-electron chi connectivity index (χ2n) is 5.77. The van der Waals surface area contributed by atoms with Gasteiger partial charge in [-0.15, -0.1) is 0 Å². The molecule has 0 saturated carbocycles. The minimum atomic E-state index is -0.190. The molecule has 4 nitrogen and oxygen atoms in total. The molecule has 3 N–H and O–H groups in total. The molecule has 112 valence electrons. The van der Waals surface area contributed by atoms with Crippen molar-refractivity contribution in [2.24, 2.45) is 5.84 Å². The van der Waals surface area contributed by atoms with E-state index in [-0.39, 0.29) is 11.9 Å². The van der Waals surface area contributed by atoms with Crippen LogP contribution in [0.1, 0.15) is 12.0 Å². The summed E-state index contributed by atoms with van der Waals surface area (Å²) in [6, 6.07) is 7.21. The van der Waals surface area contributed by atoms with Crippen LogP contribution in [0, 0.1) is 5.82 Å². The van der Waals surface area contributed by atoms with Crippen LogP contribution in [-0.4, -0.2) is 55.6 Å². The van der Waals surface area contributed by atoms with Gasteiger partial charge in [-0.2, -0.15) is 0 Å². The Balaban J connectivity index is 2.09.